The molecule has 0 radical (unpaired) electrons. The van der Waals surface area contributed by atoms with Crippen molar-refractivity contribution in [2.45, 2.75) is 18.9 Å². The molecule has 0 aliphatic carbocycles. The Morgan fingerprint density at radius 1 is 1.37 bits per heavy atom. The molecule has 0 atom stereocenters. The molecule has 0 spiro atoms. The Bertz CT molecular complexity index is 428. The molecule has 0 bridgehead atoms. The summed E-state index contributed by atoms with van der Waals surface area (Å²) in [6.45, 7) is 3.40. The Labute approximate surface area is 113 Å². The van der Waals surface area contributed by atoms with Gasteiger partial charge in [0.2, 0.25) is 0 Å². The maximum Gasteiger partial charge on any atom is 0.255 e. The maximum absolute atomic E-state index is 11.8. The Balaban J connectivity index is 1.74. The fourth-order valence-corrected chi connectivity index (χ4v) is 2.26. The second-order valence-corrected chi connectivity index (χ2v) is 4.95. The zero-order valence-electron chi connectivity index (χ0n) is 11.0. The number of aromatic hydroxyl groups is 1. The molecule has 104 valence electrons. The highest BCUT2D eigenvalue weighted by Gasteiger charge is 2.16. The minimum absolute atomic E-state index is 0.0175. The van der Waals surface area contributed by atoms with Crippen molar-refractivity contribution in [3.05, 3.63) is 29.8 Å². The molecular weight excluding hydrogens is 242 g/mol. The Morgan fingerprint density at radius 3 is 2.74 bits per heavy atom. The van der Waals surface area contributed by atoms with E-state index in [9.17, 15) is 9.90 Å². The van der Waals surface area contributed by atoms with Crippen LogP contribution < -0.4 is 11.1 Å². The number of hydrogen-bond donors (Lipinski definition) is 3. The van der Waals surface area contributed by atoms with Gasteiger partial charge in [0.15, 0.2) is 0 Å². The first kappa shape index (κ1) is 13.8. The normalized spacial score (nSPS) is 17.3. The number of piperidine rings is 1. The van der Waals surface area contributed by atoms with Crippen LogP contribution in [0, 0.1) is 0 Å². The molecule has 1 heterocycles. The van der Waals surface area contributed by atoms with Crippen molar-refractivity contribution in [1.29, 1.82) is 0 Å². The summed E-state index contributed by atoms with van der Waals surface area (Å²) >= 11 is 0. The summed E-state index contributed by atoms with van der Waals surface area (Å²) in [6, 6.07) is 6.89. The molecular formula is C14H21N3O2. The maximum atomic E-state index is 11.8. The Morgan fingerprint density at radius 2 is 2.05 bits per heavy atom. The van der Waals surface area contributed by atoms with E-state index in [1.807, 2.05) is 0 Å². The summed E-state index contributed by atoms with van der Waals surface area (Å²) < 4.78 is 0. The predicted octanol–water partition coefficient (Wildman–Crippen LogP) is 0.545. The van der Waals surface area contributed by atoms with E-state index in [2.05, 4.69) is 10.2 Å². The molecule has 2 rings (SSSR count). The van der Waals surface area contributed by atoms with E-state index in [0.29, 0.717) is 18.2 Å². The topological polar surface area (TPSA) is 78.6 Å². The fourth-order valence-electron chi connectivity index (χ4n) is 2.26. The molecule has 1 fully saturated rings. The Hall–Kier alpha value is -1.59. The molecule has 19 heavy (non-hydrogen) atoms. The molecule has 4 N–H and O–H groups in total. The van der Waals surface area contributed by atoms with Crippen molar-refractivity contribution in [2.75, 3.05) is 26.2 Å². The van der Waals surface area contributed by atoms with Crippen LogP contribution in [0.3, 0.4) is 0 Å². The number of nitrogens with one attached hydrogen (secondary N) is 1. The van der Waals surface area contributed by atoms with E-state index in [0.717, 1.165) is 32.5 Å². The zero-order chi connectivity index (χ0) is 13.7. The number of phenolic OH excluding ortho intramolecular Hbond substituents is 1. The van der Waals surface area contributed by atoms with Crippen molar-refractivity contribution < 1.29 is 9.90 Å². The van der Waals surface area contributed by atoms with E-state index in [1.54, 1.807) is 18.2 Å². The zero-order valence-corrected chi connectivity index (χ0v) is 11.0. The number of amides is 1. The number of benzene rings is 1. The van der Waals surface area contributed by atoms with Gasteiger partial charge in [0.25, 0.3) is 5.91 Å². The molecule has 1 aliphatic heterocycles. The van der Waals surface area contributed by atoms with Crippen LogP contribution in [-0.2, 0) is 0 Å². The van der Waals surface area contributed by atoms with E-state index < -0.39 is 0 Å². The molecule has 0 aromatic heterocycles. The number of para-hydroxylation sites is 1. The number of nitrogens with two attached hydrogens (primary N) is 1. The van der Waals surface area contributed by atoms with Gasteiger partial charge in [0.05, 0.1) is 5.56 Å². The highest BCUT2D eigenvalue weighted by Crippen LogP contribution is 2.14. The standard InChI is InChI=1S/C14H21N3O2/c15-11-5-8-17(9-6-11)10-7-16-14(19)12-3-1-2-4-13(12)18/h1-4,11,18H,5-10,15H2,(H,16,19). The van der Waals surface area contributed by atoms with Gasteiger partial charge in [0.1, 0.15) is 5.75 Å². The van der Waals surface area contributed by atoms with Gasteiger partial charge in [0, 0.05) is 19.1 Å². The van der Waals surface area contributed by atoms with Gasteiger partial charge in [-0.15, -0.1) is 0 Å². The van der Waals surface area contributed by atoms with Gasteiger partial charge in [-0.25, -0.2) is 0 Å². The average molecular weight is 263 g/mol. The van der Waals surface area contributed by atoms with Crippen LogP contribution in [0.4, 0.5) is 0 Å². The van der Waals surface area contributed by atoms with Crippen molar-refractivity contribution in [1.82, 2.24) is 10.2 Å². The lowest BCUT2D eigenvalue weighted by molar-refractivity contribution is 0.0943. The van der Waals surface area contributed by atoms with Crippen molar-refractivity contribution in [3.63, 3.8) is 0 Å². The molecule has 5 nitrogen and oxygen atoms in total. The minimum Gasteiger partial charge on any atom is -0.507 e. The van der Waals surface area contributed by atoms with E-state index >= 15 is 0 Å². The van der Waals surface area contributed by atoms with Crippen LogP contribution in [0.5, 0.6) is 5.75 Å². The lowest BCUT2D eigenvalue weighted by Gasteiger charge is -2.29. The number of carbonyl (C=O) groups is 1. The predicted molar refractivity (Wildman–Crippen MR) is 74.1 cm³/mol. The number of likely N-dealkylation sites (tertiary alicyclic amines) is 1. The number of rotatable bonds is 4. The Kier molecular flexibility index (Phi) is 4.76. The molecule has 1 aromatic rings. The highest BCUT2D eigenvalue weighted by atomic mass is 16.3. The summed E-state index contributed by atoms with van der Waals surface area (Å²) in [5.41, 5.74) is 6.16. The molecule has 1 aliphatic rings. The smallest absolute Gasteiger partial charge is 0.255 e. The van der Waals surface area contributed by atoms with Crippen molar-refractivity contribution >= 4 is 5.91 Å². The first-order valence-corrected chi connectivity index (χ1v) is 6.71. The molecule has 5 heteroatoms. The summed E-state index contributed by atoms with van der Waals surface area (Å²) in [5, 5.41) is 12.4. The van der Waals surface area contributed by atoms with Crippen molar-refractivity contribution in [2.24, 2.45) is 5.73 Å². The average Bonchev–Trinajstić information content (AvgIpc) is 2.41. The fraction of sp³-hybridized carbons (Fsp3) is 0.500. The number of nitrogens with zero attached hydrogens (tertiary/aromatic N) is 1. The van der Waals surface area contributed by atoms with E-state index in [4.69, 9.17) is 5.73 Å². The van der Waals surface area contributed by atoms with Gasteiger partial charge in [-0.05, 0) is 38.1 Å². The van der Waals surface area contributed by atoms with Gasteiger partial charge in [-0.1, -0.05) is 12.1 Å². The lowest BCUT2D eigenvalue weighted by atomic mass is 10.1. The van der Waals surface area contributed by atoms with Crippen LogP contribution in [0.25, 0.3) is 0 Å². The highest BCUT2D eigenvalue weighted by molar-refractivity contribution is 5.96. The second kappa shape index (κ2) is 6.54. The van der Waals surface area contributed by atoms with Gasteiger partial charge < -0.3 is 21.1 Å². The van der Waals surface area contributed by atoms with Crippen molar-refractivity contribution in [3.8, 4) is 5.75 Å². The number of hydrogen-bond acceptors (Lipinski definition) is 4. The SMILES string of the molecule is NC1CCN(CCNC(=O)c2ccccc2O)CC1. The third-order valence-electron chi connectivity index (χ3n) is 3.49. The van der Waals surface area contributed by atoms with E-state index in [1.165, 1.54) is 6.07 Å². The molecule has 1 saturated heterocycles. The number of phenols is 1. The third kappa shape index (κ3) is 3.94. The number of carbonyl (C=O) groups excluding carboxylic acids is 1. The van der Waals surface area contributed by atoms with Gasteiger partial charge in [-0.3, -0.25) is 4.79 Å². The third-order valence-corrected chi connectivity index (χ3v) is 3.49. The van der Waals surface area contributed by atoms with Crippen LogP contribution in [-0.4, -0.2) is 48.1 Å². The summed E-state index contributed by atoms with van der Waals surface area (Å²) in [7, 11) is 0. The largest absolute Gasteiger partial charge is 0.507 e. The first-order valence-electron chi connectivity index (χ1n) is 6.71. The first-order chi connectivity index (χ1) is 9.16. The quantitative estimate of drug-likeness (QED) is 0.741. The summed E-state index contributed by atoms with van der Waals surface area (Å²) in [4.78, 5) is 14.1. The molecule has 0 unspecified atom stereocenters. The summed E-state index contributed by atoms with van der Waals surface area (Å²) in [6.07, 6.45) is 2.04. The van der Waals surface area contributed by atoms with Crippen LogP contribution in [0.2, 0.25) is 0 Å². The lowest BCUT2D eigenvalue weighted by Crippen LogP contribution is -2.43. The second-order valence-electron chi connectivity index (χ2n) is 4.95. The monoisotopic (exact) mass is 263 g/mol. The van der Waals surface area contributed by atoms with Crippen LogP contribution in [0.15, 0.2) is 24.3 Å². The van der Waals surface area contributed by atoms with Crippen LogP contribution >= 0.6 is 0 Å². The van der Waals surface area contributed by atoms with Gasteiger partial charge >= 0.3 is 0 Å². The molecule has 1 amide bonds. The van der Waals surface area contributed by atoms with Crippen LogP contribution in [0.1, 0.15) is 23.2 Å². The minimum atomic E-state index is -0.230. The summed E-state index contributed by atoms with van der Waals surface area (Å²) in [5.74, 6) is -0.212. The van der Waals surface area contributed by atoms with E-state index in [-0.39, 0.29) is 11.7 Å². The van der Waals surface area contributed by atoms with Gasteiger partial charge in [-0.2, -0.15) is 0 Å². The molecule has 0 saturated carbocycles. The molecule has 1 aromatic carbocycles.